The predicted molar refractivity (Wildman–Crippen MR) is 81.4 cm³/mol. The first-order valence-corrected chi connectivity index (χ1v) is 6.78. The Morgan fingerprint density at radius 2 is 1.78 bits per heavy atom. The van der Waals surface area contributed by atoms with Gasteiger partial charge in [0.05, 0.1) is 0 Å². The van der Waals surface area contributed by atoms with Crippen molar-refractivity contribution in [3.05, 3.63) is 76.4 Å². The second kappa shape index (κ2) is 5.92. The van der Waals surface area contributed by atoms with Crippen molar-refractivity contribution in [2.24, 2.45) is 5.73 Å². The number of hydrogen-bond acceptors (Lipinski definition) is 4. The van der Waals surface area contributed by atoms with E-state index in [2.05, 4.69) is 0 Å². The van der Waals surface area contributed by atoms with Crippen LogP contribution in [-0.2, 0) is 4.79 Å². The van der Waals surface area contributed by atoms with E-state index in [1.807, 2.05) is 0 Å². The van der Waals surface area contributed by atoms with E-state index in [4.69, 9.17) is 14.9 Å². The Balaban J connectivity index is 1.95. The molecule has 3 aromatic rings. The average molecular weight is 313 g/mol. The first-order chi connectivity index (χ1) is 11.0. The minimum absolute atomic E-state index is 0.306. The van der Waals surface area contributed by atoms with Crippen molar-refractivity contribution in [1.29, 1.82) is 0 Å². The van der Waals surface area contributed by atoms with Crippen LogP contribution in [0.15, 0.2) is 63.8 Å². The van der Waals surface area contributed by atoms with Crippen molar-refractivity contribution in [3.8, 4) is 5.75 Å². The summed E-state index contributed by atoms with van der Waals surface area (Å²) in [5.74, 6) is -0.837. The van der Waals surface area contributed by atoms with E-state index in [-0.39, 0.29) is 0 Å². The van der Waals surface area contributed by atoms with E-state index < -0.39 is 23.5 Å². The van der Waals surface area contributed by atoms with Gasteiger partial charge in [0.15, 0.2) is 0 Å². The van der Waals surface area contributed by atoms with Crippen LogP contribution in [0.4, 0.5) is 4.39 Å². The van der Waals surface area contributed by atoms with E-state index in [9.17, 15) is 14.0 Å². The number of benzene rings is 2. The van der Waals surface area contributed by atoms with Crippen molar-refractivity contribution in [2.45, 2.75) is 6.10 Å². The summed E-state index contributed by atoms with van der Waals surface area (Å²) >= 11 is 0. The zero-order valence-corrected chi connectivity index (χ0v) is 11.9. The molecule has 1 aromatic heterocycles. The van der Waals surface area contributed by atoms with Gasteiger partial charge in [0.25, 0.3) is 5.91 Å². The van der Waals surface area contributed by atoms with Gasteiger partial charge in [-0.05, 0) is 30.3 Å². The molecule has 0 bridgehead atoms. The third-order valence-electron chi connectivity index (χ3n) is 3.28. The molecule has 1 heterocycles. The molecule has 0 aliphatic carbocycles. The second-order valence-corrected chi connectivity index (χ2v) is 4.91. The summed E-state index contributed by atoms with van der Waals surface area (Å²) in [5, 5.41) is 0.717. The quantitative estimate of drug-likeness (QED) is 0.750. The Bertz CT molecular complexity index is 918. The molecule has 0 saturated heterocycles. The molecule has 0 saturated carbocycles. The number of halogens is 1. The zero-order chi connectivity index (χ0) is 16.4. The molecule has 1 amide bonds. The highest BCUT2D eigenvalue weighted by Crippen LogP contribution is 2.25. The molecule has 0 fully saturated rings. The van der Waals surface area contributed by atoms with Gasteiger partial charge in [0.2, 0.25) is 6.10 Å². The lowest BCUT2D eigenvalue weighted by Gasteiger charge is -2.16. The van der Waals surface area contributed by atoms with Crippen molar-refractivity contribution < 1.29 is 18.3 Å². The summed E-state index contributed by atoms with van der Waals surface area (Å²) in [6.45, 7) is 0. The predicted octanol–water partition coefficient (Wildman–Crippen LogP) is 2.54. The van der Waals surface area contributed by atoms with Gasteiger partial charge in [0.1, 0.15) is 17.1 Å². The number of amides is 1. The molecule has 0 spiro atoms. The SMILES string of the molecule is NC(=O)[C@H](Oc1ccc2ccc(=O)oc2c1)c1ccc(F)cc1. The summed E-state index contributed by atoms with van der Waals surface area (Å²) < 4.78 is 23.6. The molecule has 116 valence electrons. The lowest BCUT2D eigenvalue weighted by atomic mass is 10.1. The molecule has 23 heavy (non-hydrogen) atoms. The first-order valence-electron chi connectivity index (χ1n) is 6.78. The number of rotatable bonds is 4. The Hall–Kier alpha value is -3.15. The Morgan fingerprint density at radius 1 is 1.09 bits per heavy atom. The summed E-state index contributed by atoms with van der Waals surface area (Å²) in [4.78, 5) is 22.9. The molecule has 0 unspecified atom stereocenters. The van der Waals surface area contributed by atoms with E-state index in [1.54, 1.807) is 18.2 Å². The van der Waals surface area contributed by atoms with Crippen LogP contribution in [0.25, 0.3) is 11.0 Å². The number of fused-ring (bicyclic) bond motifs is 1. The summed E-state index contributed by atoms with van der Waals surface area (Å²) in [6, 6.07) is 13.0. The molecular weight excluding hydrogens is 301 g/mol. The van der Waals surface area contributed by atoms with E-state index in [0.29, 0.717) is 22.3 Å². The molecular formula is C17H12FNO4. The van der Waals surface area contributed by atoms with Crippen molar-refractivity contribution in [3.63, 3.8) is 0 Å². The van der Waals surface area contributed by atoms with Crippen LogP contribution in [-0.4, -0.2) is 5.91 Å². The largest absolute Gasteiger partial charge is 0.476 e. The van der Waals surface area contributed by atoms with Gasteiger partial charge in [-0.1, -0.05) is 12.1 Å². The number of hydrogen-bond donors (Lipinski definition) is 1. The molecule has 0 aliphatic heterocycles. The Labute approximate surface area is 130 Å². The highest BCUT2D eigenvalue weighted by atomic mass is 19.1. The van der Waals surface area contributed by atoms with Gasteiger partial charge in [0, 0.05) is 23.1 Å². The maximum atomic E-state index is 13.0. The summed E-state index contributed by atoms with van der Waals surface area (Å²) in [5.41, 5.74) is 5.63. The van der Waals surface area contributed by atoms with Crippen LogP contribution in [0.2, 0.25) is 0 Å². The van der Waals surface area contributed by atoms with Crippen LogP contribution in [0.3, 0.4) is 0 Å². The maximum absolute atomic E-state index is 13.0. The number of carbonyl (C=O) groups is 1. The van der Waals surface area contributed by atoms with Crippen LogP contribution >= 0.6 is 0 Å². The molecule has 3 rings (SSSR count). The fourth-order valence-electron chi connectivity index (χ4n) is 2.18. The minimum Gasteiger partial charge on any atom is -0.476 e. The van der Waals surface area contributed by atoms with Crippen LogP contribution in [0, 0.1) is 5.82 Å². The van der Waals surface area contributed by atoms with Gasteiger partial charge < -0.3 is 14.9 Å². The van der Waals surface area contributed by atoms with Crippen molar-refractivity contribution in [1.82, 2.24) is 0 Å². The third kappa shape index (κ3) is 3.21. The van der Waals surface area contributed by atoms with Gasteiger partial charge in [-0.25, -0.2) is 9.18 Å². The standard InChI is InChI=1S/C17H12FNO4/c18-12-5-1-11(2-6-12)16(17(19)21)22-13-7-3-10-4-8-15(20)23-14(10)9-13/h1-9,16H,(H2,19,21)/t16-/m1/s1. The monoisotopic (exact) mass is 313 g/mol. The second-order valence-electron chi connectivity index (χ2n) is 4.91. The molecule has 0 radical (unpaired) electrons. The highest BCUT2D eigenvalue weighted by molar-refractivity contribution is 5.81. The van der Waals surface area contributed by atoms with Gasteiger partial charge in [-0.2, -0.15) is 0 Å². The smallest absolute Gasteiger partial charge is 0.336 e. The number of ether oxygens (including phenoxy) is 1. The molecule has 0 aliphatic rings. The van der Waals surface area contributed by atoms with Crippen LogP contribution < -0.4 is 16.1 Å². The van der Waals surface area contributed by atoms with E-state index >= 15 is 0 Å². The van der Waals surface area contributed by atoms with E-state index in [0.717, 1.165) is 0 Å². The molecule has 2 aromatic carbocycles. The number of nitrogens with two attached hydrogens (primary N) is 1. The normalized spacial score (nSPS) is 12.0. The fourth-order valence-corrected chi connectivity index (χ4v) is 2.18. The van der Waals surface area contributed by atoms with Gasteiger partial charge >= 0.3 is 5.63 Å². The van der Waals surface area contributed by atoms with Crippen LogP contribution in [0.5, 0.6) is 5.75 Å². The van der Waals surface area contributed by atoms with E-state index in [1.165, 1.54) is 36.4 Å². The lowest BCUT2D eigenvalue weighted by Crippen LogP contribution is -2.26. The summed E-state index contributed by atoms with van der Waals surface area (Å²) in [6.07, 6.45) is -1.08. The Morgan fingerprint density at radius 3 is 2.48 bits per heavy atom. The number of carbonyl (C=O) groups excluding carboxylic acids is 1. The number of primary amides is 1. The maximum Gasteiger partial charge on any atom is 0.336 e. The molecule has 2 N–H and O–H groups in total. The van der Waals surface area contributed by atoms with Gasteiger partial charge in [-0.3, -0.25) is 4.79 Å². The van der Waals surface area contributed by atoms with Crippen molar-refractivity contribution >= 4 is 16.9 Å². The first kappa shape index (κ1) is 14.8. The topological polar surface area (TPSA) is 82.5 Å². The molecule has 1 atom stereocenters. The van der Waals surface area contributed by atoms with Crippen molar-refractivity contribution in [2.75, 3.05) is 0 Å². The van der Waals surface area contributed by atoms with Gasteiger partial charge in [-0.15, -0.1) is 0 Å². The average Bonchev–Trinajstić information content (AvgIpc) is 2.53. The fraction of sp³-hybridized carbons (Fsp3) is 0.0588. The highest BCUT2D eigenvalue weighted by Gasteiger charge is 2.20. The molecule has 6 heteroatoms. The zero-order valence-electron chi connectivity index (χ0n) is 11.9. The summed E-state index contributed by atoms with van der Waals surface area (Å²) in [7, 11) is 0. The lowest BCUT2D eigenvalue weighted by molar-refractivity contribution is -0.125. The Kier molecular flexibility index (Phi) is 3.80. The molecule has 5 nitrogen and oxygen atoms in total. The minimum atomic E-state index is -1.08. The van der Waals surface area contributed by atoms with Crippen LogP contribution in [0.1, 0.15) is 11.7 Å². The third-order valence-corrected chi connectivity index (χ3v) is 3.28.